The highest BCUT2D eigenvalue weighted by atomic mass is 19.4. The van der Waals surface area contributed by atoms with Crippen molar-refractivity contribution in [2.45, 2.75) is 31.3 Å². The molecule has 0 radical (unpaired) electrons. The Bertz CT molecular complexity index is 1090. The summed E-state index contributed by atoms with van der Waals surface area (Å²) in [5.74, 6) is -3.03. The van der Waals surface area contributed by atoms with Gasteiger partial charge in [0.2, 0.25) is 5.76 Å². The van der Waals surface area contributed by atoms with Crippen LogP contribution in [0.25, 0.3) is 0 Å². The molecule has 1 saturated heterocycles. The Balaban J connectivity index is 1.51. The maximum absolute atomic E-state index is 13.3. The molecule has 34 heavy (non-hydrogen) atoms. The number of halogens is 4. The van der Waals surface area contributed by atoms with Gasteiger partial charge in [0.15, 0.2) is 5.75 Å². The molecule has 0 spiro atoms. The molecule has 0 saturated carbocycles. The van der Waals surface area contributed by atoms with Crippen LogP contribution in [-0.4, -0.2) is 43.3 Å². The standard InChI is InChI=1S/C23H21F4N3O4/c24-15-7-5-14(6-8-15)12-30-13-20(33-18-4-2-1-3-17(18)30)21(31)29-16-9-10-28-11-19(16)34-22(32)23(25,26)27/h1-8,13,16,19,28H,9-12H2,(H,29,31). The predicted octanol–water partition coefficient (Wildman–Crippen LogP) is 3.02. The molecule has 0 aromatic heterocycles. The molecule has 180 valence electrons. The van der Waals surface area contributed by atoms with Crippen molar-refractivity contribution in [2.24, 2.45) is 0 Å². The summed E-state index contributed by atoms with van der Waals surface area (Å²) in [5.41, 5.74) is 1.47. The Morgan fingerprint density at radius 3 is 2.62 bits per heavy atom. The van der Waals surface area contributed by atoms with Gasteiger partial charge in [-0.3, -0.25) is 4.79 Å². The summed E-state index contributed by atoms with van der Waals surface area (Å²) in [4.78, 5) is 26.0. The van der Waals surface area contributed by atoms with Crippen LogP contribution in [0.3, 0.4) is 0 Å². The number of carbonyl (C=O) groups excluding carboxylic acids is 2. The van der Waals surface area contributed by atoms with Crippen molar-refractivity contribution in [3.05, 3.63) is 71.9 Å². The Kier molecular flexibility index (Phi) is 6.73. The molecule has 2 unspecified atom stereocenters. The van der Waals surface area contributed by atoms with E-state index in [-0.39, 0.29) is 24.5 Å². The van der Waals surface area contributed by atoms with E-state index >= 15 is 0 Å². The van der Waals surface area contributed by atoms with Gasteiger partial charge in [-0.15, -0.1) is 0 Å². The number of piperidine rings is 1. The molecule has 7 nitrogen and oxygen atoms in total. The molecular weight excluding hydrogens is 458 g/mol. The minimum Gasteiger partial charge on any atom is -0.452 e. The number of nitrogens with one attached hydrogen (secondary N) is 2. The summed E-state index contributed by atoms with van der Waals surface area (Å²) in [6, 6.07) is 12.1. The quantitative estimate of drug-likeness (QED) is 0.507. The van der Waals surface area contributed by atoms with Gasteiger partial charge in [-0.1, -0.05) is 24.3 Å². The number of hydrogen-bond donors (Lipinski definition) is 2. The molecule has 11 heteroatoms. The van der Waals surface area contributed by atoms with E-state index in [1.807, 2.05) is 0 Å². The second-order valence-electron chi connectivity index (χ2n) is 7.83. The molecule has 2 N–H and O–H groups in total. The summed E-state index contributed by atoms with van der Waals surface area (Å²) in [6.07, 6.45) is -4.60. The van der Waals surface area contributed by atoms with Gasteiger partial charge in [-0.25, -0.2) is 9.18 Å². The molecule has 1 amide bonds. The predicted molar refractivity (Wildman–Crippen MR) is 113 cm³/mol. The van der Waals surface area contributed by atoms with E-state index in [1.54, 1.807) is 41.3 Å². The van der Waals surface area contributed by atoms with Crippen LogP contribution in [0, 0.1) is 5.82 Å². The third kappa shape index (κ3) is 5.48. The summed E-state index contributed by atoms with van der Waals surface area (Å²) in [5, 5.41) is 5.47. The number of fused-ring (bicyclic) bond motifs is 1. The molecular formula is C23H21F4N3O4. The lowest BCUT2D eigenvalue weighted by Gasteiger charge is -2.33. The topological polar surface area (TPSA) is 79.9 Å². The minimum absolute atomic E-state index is 0.0355. The Hall–Kier alpha value is -3.60. The molecule has 2 aliphatic heterocycles. The van der Waals surface area contributed by atoms with Gasteiger partial charge in [-0.2, -0.15) is 13.2 Å². The molecule has 2 aromatic rings. The smallest absolute Gasteiger partial charge is 0.452 e. The number of benzene rings is 2. The molecule has 4 rings (SSSR count). The molecule has 2 aliphatic rings. The molecule has 2 aromatic carbocycles. The fourth-order valence-corrected chi connectivity index (χ4v) is 3.72. The van der Waals surface area contributed by atoms with Crippen molar-refractivity contribution in [3.8, 4) is 5.75 Å². The van der Waals surface area contributed by atoms with Crippen LogP contribution >= 0.6 is 0 Å². The molecule has 1 fully saturated rings. The van der Waals surface area contributed by atoms with Gasteiger partial charge in [0.05, 0.1) is 17.9 Å². The summed E-state index contributed by atoms with van der Waals surface area (Å²) < 4.78 is 61.5. The van der Waals surface area contributed by atoms with Gasteiger partial charge < -0.3 is 25.0 Å². The first-order chi connectivity index (χ1) is 16.2. The van der Waals surface area contributed by atoms with Gasteiger partial charge in [0, 0.05) is 13.1 Å². The molecule has 0 bridgehead atoms. The number of alkyl halides is 3. The Morgan fingerprint density at radius 2 is 1.88 bits per heavy atom. The number of nitrogens with zero attached hydrogens (tertiary/aromatic N) is 1. The average molecular weight is 479 g/mol. The monoisotopic (exact) mass is 479 g/mol. The molecule has 0 aliphatic carbocycles. The van der Waals surface area contributed by atoms with E-state index in [2.05, 4.69) is 15.4 Å². The summed E-state index contributed by atoms with van der Waals surface area (Å²) in [7, 11) is 0. The van der Waals surface area contributed by atoms with E-state index < -0.39 is 30.2 Å². The lowest BCUT2D eigenvalue weighted by Crippen LogP contribution is -2.55. The Morgan fingerprint density at radius 1 is 1.15 bits per heavy atom. The number of esters is 1. The van der Waals surface area contributed by atoms with Crippen LogP contribution in [0.2, 0.25) is 0 Å². The molecule has 2 atom stereocenters. The van der Waals surface area contributed by atoms with Crippen molar-refractivity contribution in [2.75, 3.05) is 18.0 Å². The van der Waals surface area contributed by atoms with Gasteiger partial charge in [-0.05, 0) is 42.8 Å². The van der Waals surface area contributed by atoms with Crippen molar-refractivity contribution < 1.29 is 36.6 Å². The number of rotatable bonds is 5. The number of ether oxygens (including phenoxy) is 2. The zero-order valence-corrected chi connectivity index (χ0v) is 17.8. The van der Waals surface area contributed by atoms with Gasteiger partial charge >= 0.3 is 12.1 Å². The normalized spacial score (nSPS) is 20.0. The highest BCUT2D eigenvalue weighted by molar-refractivity contribution is 5.93. The van der Waals surface area contributed by atoms with Crippen LogP contribution in [0.4, 0.5) is 23.2 Å². The van der Waals surface area contributed by atoms with Crippen molar-refractivity contribution >= 4 is 17.6 Å². The third-order valence-electron chi connectivity index (χ3n) is 5.39. The van der Waals surface area contributed by atoms with E-state index in [0.717, 1.165) is 5.56 Å². The first-order valence-corrected chi connectivity index (χ1v) is 10.5. The van der Waals surface area contributed by atoms with E-state index in [0.29, 0.717) is 24.5 Å². The van der Waals surface area contributed by atoms with Crippen molar-refractivity contribution in [1.29, 1.82) is 0 Å². The maximum atomic E-state index is 13.3. The highest BCUT2D eigenvalue weighted by Crippen LogP contribution is 2.35. The van der Waals surface area contributed by atoms with Crippen LogP contribution in [-0.2, 0) is 20.9 Å². The highest BCUT2D eigenvalue weighted by Gasteiger charge is 2.44. The number of hydrogen-bond acceptors (Lipinski definition) is 6. The van der Waals surface area contributed by atoms with Crippen molar-refractivity contribution in [1.82, 2.24) is 10.6 Å². The zero-order chi connectivity index (χ0) is 24.3. The summed E-state index contributed by atoms with van der Waals surface area (Å²) in [6.45, 7) is 0.702. The second-order valence-corrected chi connectivity index (χ2v) is 7.83. The van der Waals surface area contributed by atoms with Crippen LogP contribution in [0.5, 0.6) is 5.75 Å². The SMILES string of the molecule is O=C(NC1CCNCC1OC(=O)C(F)(F)F)C1=CN(Cc2ccc(F)cc2)c2ccccc2O1. The van der Waals surface area contributed by atoms with Gasteiger partial charge in [0.1, 0.15) is 11.9 Å². The lowest BCUT2D eigenvalue weighted by atomic mass is 10.0. The number of amides is 1. The first-order valence-electron chi connectivity index (χ1n) is 10.5. The minimum atomic E-state index is -5.13. The fourth-order valence-electron chi connectivity index (χ4n) is 3.72. The van der Waals surface area contributed by atoms with Crippen LogP contribution < -0.4 is 20.3 Å². The maximum Gasteiger partial charge on any atom is 0.490 e. The number of para-hydroxylation sites is 2. The van der Waals surface area contributed by atoms with E-state index in [1.165, 1.54) is 18.3 Å². The van der Waals surface area contributed by atoms with E-state index in [9.17, 15) is 27.2 Å². The fraction of sp³-hybridized carbons (Fsp3) is 0.304. The zero-order valence-electron chi connectivity index (χ0n) is 17.8. The summed E-state index contributed by atoms with van der Waals surface area (Å²) >= 11 is 0. The lowest BCUT2D eigenvalue weighted by molar-refractivity contribution is -0.206. The van der Waals surface area contributed by atoms with E-state index in [4.69, 9.17) is 4.74 Å². The first kappa shape index (κ1) is 23.6. The molecule has 2 heterocycles. The number of anilines is 1. The van der Waals surface area contributed by atoms with Crippen molar-refractivity contribution in [3.63, 3.8) is 0 Å². The van der Waals surface area contributed by atoms with Crippen LogP contribution in [0.1, 0.15) is 12.0 Å². The third-order valence-corrected chi connectivity index (χ3v) is 5.39. The number of carbonyl (C=O) groups is 2. The second kappa shape index (κ2) is 9.72. The van der Waals surface area contributed by atoms with Gasteiger partial charge in [0.25, 0.3) is 5.91 Å². The largest absolute Gasteiger partial charge is 0.490 e. The Labute approximate surface area is 192 Å². The average Bonchev–Trinajstić information content (AvgIpc) is 2.81. The van der Waals surface area contributed by atoms with Crippen LogP contribution in [0.15, 0.2) is 60.5 Å².